The minimum Gasteiger partial charge on any atom is -0.338 e. The van der Waals surface area contributed by atoms with E-state index in [2.05, 4.69) is 47.1 Å². The number of hydrogen-bond acceptors (Lipinski definition) is 10. The molecular formula is C24H31N9O2S. The number of rotatable bonds is 7. The average Bonchev–Trinajstić information content (AvgIpc) is 3.45. The summed E-state index contributed by atoms with van der Waals surface area (Å²) in [6.07, 6.45) is 4.10. The number of hydrogen-bond donors (Lipinski definition) is 1. The number of piperazine rings is 1. The van der Waals surface area contributed by atoms with Crippen LogP contribution in [0.5, 0.6) is 0 Å². The molecule has 0 saturated carbocycles. The van der Waals surface area contributed by atoms with E-state index in [0.717, 1.165) is 39.0 Å². The first-order valence-electron chi connectivity index (χ1n) is 12.3. The van der Waals surface area contributed by atoms with Gasteiger partial charge in [-0.3, -0.25) is 5.32 Å². The number of nitrogens with zero attached hydrogens (tertiary/aromatic N) is 8. The fourth-order valence-electron chi connectivity index (χ4n) is 4.34. The molecule has 0 unspecified atom stereocenters. The van der Waals surface area contributed by atoms with Crippen molar-refractivity contribution in [2.24, 2.45) is 0 Å². The van der Waals surface area contributed by atoms with Crippen LogP contribution in [0.3, 0.4) is 0 Å². The maximum atomic E-state index is 13.0. The van der Waals surface area contributed by atoms with Gasteiger partial charge < -0.3 is 9.80 Å². The third kappa shape index (κ3) is 5.30. The van der Waals surface area contributed by atoms with Gasteiger partial charge in [-0.05, 0) is 38.1 Å². The summed E-state index contributed by atoms with van der Waals surface area (Å²) in [5.41, 5.74) is 1.30. The molecule has 2 aliphatic rings. The molecule has 11 nitrogen and oxygen atoms in total. The molecule has 0 radical (unpaired) electrons. The third-order valence-electron chi connectivity index (χ3n) is 6.48. The van der Waals surface area contributed by atoms with E-state index < -0.39 is 10.0 Å². The average molecular weight is 510 g/mol. The van der Waals surface area contributed by atoms with Gasteiger partial charge in [0.25, 0.3) is 0 Å². The first-order valence-corrected chi connectivity index (χ1v) is 13.8. The molecule has 5 rings (SSSR count). The largest absolute Gasteiger partial charge is 0.338 e. The number of sulfonamides is 1. The van der Waals surface area contributed by atoms with Crippen LogP contribution < -0.4 is 10.2 Å². The maximum absolute atomic E-state index is 13.0. The Morgan fingerprint density at radius 2 is 1.69 bits per heavy atom. The minimum atomic E-state index is -3.51. The fourth-order valence-corrected chi connectivity index (χ4v) is 5.91. The highest BCUT2D eigenvalue weighted by Gasteiger charge is 2.27. The molecule has 2 aliphatic heterocycles. The summed E-state index contributed by atoms with van der Waals surface area (Å²) in [5.74, 6) is 2.06. The summed E-state index contributed by atoms with van der Waals surface area (Å²) in [6.45, 7) is 6.75. The highest BCUT2D eigenvalue weighted by molar-refractivity contribution is 7.89. The van der Waals surface area contributed by atoms with E-state index in [0.29, 0.717) is 54.4 Å². The lowest BCUT2D eigenvalue weighted by atomic mass is 10.1. The Kier molecular flexibility index (Phi) is 7.08. The van der Waals surface area contributed by atoms with Crippen LogP contribution in [0.4, 0.5) is 17.8 Å². The van der Waals surface area contributed by atoms with Crippen LogP contribution in [0.2, 0.25) is 0 Å². The standard InChI is InChI=1S/C24H31N9O2S/c1-3-21-27-23(30-24(28-21)32-15-13-31(2)14-16-32)29-22-25-10-9-20(26-22)18-7-6-8-19(17-18)36(34,35)33-11-4-5-12-33/h6-10,17H,3-5,11-16H2,1-2H3,(H,25,26,27,28,29,30). The van der Waals surface area contributed by atoms with Crippen molar-refractivity contribution in [3.05, 3.63) is 42.4 Å². The lowest BCUT2D eigenvalue weighted by molar-refractivity contribution is 0.311. The second-order valence-corrected chi connectivity index (χ2v) is 11.0. The van der Waals surface area contributed by atoms with Gasteiger partial charge >= 0.3 is 0 Å². The van der Waals surface area contributed by atoms with Gasteiger partial charge in [-0.2, -0.15) is 19.3 Å². The highest BCUT2D eigenvalue weighted by Crippen LogP contribution is 2.26. The Morgan fingerprint density at radius 1 is 0.917 bits per heavy atom. The van der Waals surface area contributed by atoms with Crippen molar-refractivity contribution < 1.29 is 8.42 Å². The zero-order valence-corrected chi connectivity index (χ0v) is 21.4. The molecule has 0 spiro atoms. The molecule has 3 aromatic rings. The summed E-state index contributed by atoms with van der Waals surface area (Å²) in [4.78, 5) is 27.4. The summed E-state index contributed by atoms with van der Waals surface area (Å²) in [7, 11) is -1.41. The van der Waals surface area contributed by atoms with Crippen LogP contribution in [-0.2, 0) is 16.4 Å². The van der Waals surface area contributed by atoms with Gasteiger partial charge in [0, 0.05) is 57.4 Å². The SMILES string of the molecule is CCc1nc(Nc2nccc(-c3cccc(S(=O)(=O)N4CCCC4)c3)n2)nc(N2CCN(C)CC2)n1. The molecule has 0 aliphatic carbocycles. The van der Waals surface area contributed by atoms with Crippen LogP contribution in [-0.4, -0.2) is 88.9 Å². The topological polar surface area (TPSA) is 120 Å². The van der Waals surface area contributed by atoms with E-state index in [1.807, 2.05) is 13.0 Å². The van der Waals surface area contributed by atoms with E-state index in [-0.39, 0.29) is 4.90 Å². The summed E-state index contributed by atoms with van der Waals surface area (Å²) < 4.78 is 27.6. The van der Waals surface area contributed by atoms with Gasteiger partial charge in [-0.15, -0.1) is 0 Å². The summed E-state index contributed by atoms with van der Waals surface area (Å²) in [6, 6.07) is 8.65. The Morgan fingerprint density at radius 3 is 2.44 bits per heavy atom. The molecule has 1 N–H and O–H groups in total. The summed E-state index contributed by atoms with van der Waals surface area (Å²) >= 11 is 0. The first-order chi connectivity index (χ1) is 17.4. The van der Waals surface area contributed by atoms with E-state index in [9.17, 15) is 8.42 Å². The zero-order valence-electron chi connectivity index (χ0n) is 20.6. The molecule has 2 fully saturated rings. The van der Waals surface area contributed by atoms with Crippen LogP contribution in [0, 0.1) is 0 Å². The van der Waals surface area contributed by atoms with E-state index in [4.69, 9.17) is 0 Å². The smallest absolute Gasteiger partial charge is 0.243 e. The number of likely N-dealkylation sites (N-methyl/N-ethyl adjacent to an activating group) is 1. The van der Waals surface area contributed by atoms with Crippen LogP contribution in [0.25, 0.3) is 11.3 Å². The highest BCUT2D eigenvalue weighted by atomic mass is 32.2. The lowest BCUT2D eigenvalue weighted by Gasteiger charge is -2.32. The fraction of sp³-hybridized carbons (Fsp3) is 0.458. The van der Waals surface area contributed by atoms with E-state index in [1.54, 1.807) is 34.8 Å². The van der Waals surface area contributed by atoms with Gasteiger partial charge in [0.1, 0.15) is 5.82 Å². The predicted octanol–water partition coefficient (Wildman–Crippen LogP) is 2.17. The van der Waals surface area contributed by atoms with E-state index >= 15 is 0 Å². The Labute approximate surface area is 211 Å². The third-order valence-corrected chi connectivity index (χ3v) is 8.38. The first kappa shape index (κ1) is 24.5. The number of anilines is 3. The minimum absolute atomic E-state index is 0.275. The van der Waals surface area contributed by atoms with Crippen molar-refractivity contribution in [1.29, 1.82) is 0 Å². The van der Waals surface area contributed by atoms with Crippen molar-refractivity contribution in [3.8, 4) is 11.3 Å². The van der Waals surface area contributed by atoms with Crippen LogP contribution in [0.15, 0.2) is 41.4 Å². The van der Waals surface area contributed by atoms with Crippen molar-refractivity contribution in [1.82, 2.24) is 34.1 Å². The normalized spacial score (nSPS) is 17.4. The van der Waals surface area contributed by atoms with Gasteiger partial charge in [-0.25, -0.2) is 18.4 Å². The molecule has 0 bridgehead atoms. The molecule has 12 heteroatoms. The number of aryl methyl sites for hydroxylation is 1. The predicted molar refractivity (Wildman–Crippen MR) is 138 cm³/mol. The Hall–Kier alpha value is -3.22. The Balaban J connectivity index is 1.39. The number of nitrogens with one attached hydrogen (secondary N) is 1. The molecule has 1 aromatic carbocycles. The Bertz CT molecular complexity index is 1320. The van der Waals surface area contributed by atoms with Gasteiger partial charge in [0.2, 0.25) is 27.9 Å². The quantitative estimate of drug-likeness (QED) is 0.507. The van der Waals surface area contributed by atoms with E-state index in [1.165, 1.54) is 0 Å². The molecule has 4 heterocycles. The van der Waals surface area contributed by atoms with Crippen molar-refractivity contribution >= 4 is 27.9 Å². The molecule has 36 heavy (non-hydrogen) atoms. The second-order valence-electron chi connectivity index (χ2n) is 9.05. The second kappa shape index (κ2) is 10.4. The van der Waals surface area contributed by atoms with Crippen molar-refractivity contribution in [3.63, 3.8) is 0 Å². The molecule has 0 atom stereocenters. The van der Waals surface area contributed by atoms with Crippen LogP contribution >= 0.6 is 0 Å². The van der Waals surface area contributed by atoms with Crippen molar-refractivity contribution in [2.45, 2.75) is 31.1 Å². The van der Waals surface area contributed by atoms with Gasteiger partial charge in [0.05, 0.1) is 10.6 Å². The van der Waals surface area contributed by atoms with Crippen molar-refractivity contribution in [2.75, 3.05) is 56.5 Å². The number of aromatic nitrogens is 5. The lowest BCUT2D eigenvalue weighted by Crippen LogP contribution is -2.45. The van der Waals surface area contributed by atoms with Crippen LogP contribution in [0.1, 0.15) is 25.6 Å². The van der Waals surface area contributed by atoms with Gasteiger partial charge in [-0.1, -0.05) is 19.1 Å². The monoisotopic (exact) mass is 509 g/mol. The number of benzene rings is 1. The molecule has 2 aromatic heterocycles. The maximum Gasteiger partial charge on any atom is 0.243 e. The molecular weight excluding hydrogens is 478 g/mol. The summed E-state index contributed by atoms with van der Waals surface area (Å²) in [5, 5.41) is 3.12. The zero-order chi connectivity index (χ0) is 25.1. The molecule has 2 saturated heterocycles. The van der Waals surface area contributed by atoms with Gasteiger partial charge in [0.15, 0.2) is 0 Å². The molecule has 0 amide bonds. The molecule has 190 valence electrons.